The van der Waals surface area contributed by atoms with Crippen LogP contribution in [-0.2, 0) is 13.1 Å². The maximum atomic E-state index is 13.4. The summed E-state index contributed by atoms with van der Waals surface area (Å²) in [5.74, 6) is 0.612. The van der Waals surface area contributed by atoms with Crippen molar-refractivity contribution in [1.82, 2.24) is 25.0 Å². The van der Waals surface area contributed by atoms with Gasteiger partial charge in [0.2, 0.25) is 11.8 Å². The summed E-state index contributed by atoms with van der Waals surface area (Å²) >= 11 is 0. The molecule has 0 N–H and O–H groups in total. The first-order valence-electron chi connectivity index (χ1n) is 9.18. The van der Waals surface area contributed by atoms with E-state index in [1.807, 2.05) is 12.3 Å². The Hall–Kier alpha value is -2.64. The van der Waals surface area contributed by atoms with E-state index in [1.54, 1.807) is 18.3 Å². The fourth-order valence-electron chi connectivity index (χ4n) is 3.34. The van der Waals surface area contributed by atoms with E-state index >= 15 is 0 Å². The van der Waals surface area contributed by atoms with Gasteiger partial charge in [-0.15, -0.1) is 10.2 Å². The predicted octanol–water partition coefficient (Wildman–Crippen LogP) is 2.98. The second-order valence-corrected chi connectivity index (χ2v) is 6.78. The molecule has 2 aromatic heterocycles. The molecule has 0 unspecified atom stereocenters. The van der Waals surface area contributed by atoms with Gasteiger partial charge in [0.05, 0.1) is 6.54 Å². The van der Waals surface area contributed by atoms with Crippen molar-refractivity contribution in [3.8, 4) is 11.5 Å². The smallest absolute Gasteiger partial charge is 0.247 e. The Balaban J connectivity index is 1.34. The van der Waals surface area contributed by atoms with Crippen LogP contribution in [0.5, 0.6) is 0 Å². The molecule has 0 spiro atoms. The minimum Gasteiger partial charge on any atom is -0.419 e. The van der Waals surface area contributed by atoms with Crippen LogP contribution in [0.2, 0.25) is 0 Å². The normalized spacial score (nSPS) is 16.3. The van der Waals surface area contributed by atoms with E-state index in [9.17, 15) is 4.39 Å². The van der Waals surface area contributed by atoms with E-state index in [2.05, 4.69) is 31.0 Å². The Morgan fingerprint density at radius 1 is 0.963 bits per heavy atom. The molecule has 0 aliphatic carbocycles. The Kier molecular flexibility index (Phi) is 5.50. The predicted molar refractivity (Wildman–Crippen MR) is 99.1 cm³/mol. The standard InChI is InChI=1S/C20H22FN5O/c21-18-6-1-5-17(12-18)20-24-23-19(27-20)15-26-9-3-8-25(10-11-26)14-16-4-2-7-22-13-16/h1-2,4-7,12-13H,3,8-11,14-15H2. The molecular formula is C20H22FN5O. The molecule has 0 radical (unpaired) electrons. The second kappa shape index (κ2) is 8.37. The zero-order valence-electron chi connectivity index (χ0n) is 15.1. The summed E-state index contributed by atoms with van der Waals surface area (Å²) in [5, 5.41) is 8.19. The van der Waals surface area contributed by atoms with Gasteiger partial charge in [-0.05, 0) is 49.3 Å². The molecule has 0 atom stereocenters. The molecule has 0 saturated carbocycles. The van der Waals surface area contributed by atoms with Crippen LogP contribution < -0.4 is 0 Å². The van der Waals surface area contributed by atoms with Crippen LogP contribution in [0.4, 0.5) is 4.39 Å². The summed E-state index contributed by atoms with van der Waals surface area (Å²) in [5.41, 5.74) is 1.84. The van der Waals surface area contributed by atoms with Crippen LogP contribution in [0.25, 0.3) is 11.5 Å². The third kappa shape index (κ3) is 4.75. The molecule has 4 rings (SSSR count). The van der Waals surface area contributed by atoms with Gasteiger partial charge in [-0.2, -0.15) is 0 Å². The van der Waals surface area contributed by atoms with E-state index in [1.165, 1.54) is 17.7 Å². The van der Waals surface area contributed by atoms with E-state index in [4.69, 9.17) is 4.42 Å². The molecule has 27 heavy (non-hydrogen) atoms. The van der Waals surface area contributed by atoms with Gasteiger partial charge in [-0.1, -0.05) is 12.1 Å². The van der Waals surface area contributed by atoms with E-state index in [0.29, 0.717) is 23.9 Å². The van der Waals surface area contributed by atoms with Gasteiger partial charge in [0.1, 0.15) is 5.82 Å². The molecule has 0 bridgehead atoms. The molecule has 3 aromatic rings. The number of halogens is 1. The Morgan fingerprint density at radius 3 is 2.59 bits per heavy atom. The lowest BCUT2D eigenvalue weighted by Gasteiger charge is -2.20. The lowest BCUT2D eigenvalue weighted by atomic mass is 10.2. The summed E-state index contributed by atoms with van der Waals surface area (Å²) in [4.78, 5) is 8.96. The van der Waals surface area contributed by atoms with Crippen molar-refractivity contribution in [1.29, 1.82) is 0 Å². The fourth-order valence-corrected chi connectivity index (χ4v) is 3.34. The summed E-state index contributed by atoms with van der Waals surface area (Å²) in [6.07, 6.45) is 4.82. The Bertz CT molecular complexity index is 870. The number of benzene rings is 1. The number of pyridine rings is 1. The third-order valence-electron chi connectivity index (χ3n) is 4.71. The van der Waals surface area contributed by atoms with Gasteiger partial charge in [0, 0.05) is 37.6 Å². The van der Waals surface area contributed by atoms with Crippen molar-refractivity contribution in [2.24, 2.45) is 0 Å². The monoisotopic (exact) mass is 367 g/mol. The molecule has 7 heteroatoms. The SMILES string of the molecule is Fc1cccc(-c2nnc(CN3CCCN(Cc4cccnc4)CC3)o2)c1. The lowest BCUT2D eigenvalue weighted by Crippen LogP contribution is -2.30. The van der Waals surface area contributed by atoms with Crippen LogP contribution in [0.3, 0.4) is 0 Å². The number of nitrogens with zero attached hydrogens (tertiary/aromatic N) is 5. The minimum atomic E-state index is -0.312. The molecule has 1 saturated heterocycles. The zero-order chi connectivity index (χ0) is 18.5. The highest BCUT2D eigenvalue weighted by Gasteiger charge is 2.18. The number of aromatic nitrogens is 3. The van der Waals surface area contributed by atoms with Gasteiger partial charge in [0.15, 0.2) is 0 Å². The van der Waals surface area contributed by atoms with Crippen LogP contribution in [-0.4, -0.2) is 51.2 Å². The summed E-state index contributed by atoms with van der Waals surface area (Å²) in [6.45, 7) is 5.51. The fraction of sp³-hybridized carbons (Fsp3) is 0.350. The largest absolute Gasteiger partial charge is 0.419 e. The molecule has 1 aromatic carbocycles. The Labute approximate surface area is 157 Å². The highest BCUT2D eigenvalue weighted by atomic mass is 19.1. The first-order valence-corrected chi connectivity index (χ1v) is 9.18. The third-order valence-corrected chi connectivity index (χ3v) is 4.71. The van der Waals surface area contributed by atoms with Gasteiger partial charge >= 0.3 is 0 Å². The van der Waals surface area contributed by atoms with Crippen molar-refractivity contribution in [2.75, 3.05) is 26.2 Å². The first-order chi connectivity index (χ1) is 13.3. The van der Waals surface area contributed by atoms with Crippen LogP contribution >= 0.6 is 0 Å². The average Bonchev–Trinajstić information content (AvgIpc) is 3.04. The summed E-state index contributed by atoms with van der Waals surface area (Å²) < 4.78 is 19.1. The lowest BCUT2D eigenvalue weighted by molar-refractivity contribution is 0.232. The second-order valence-electron chi connectivity index (χ2n) is 6.78. The average molecular weight is 367 g/mol. The molecular weight excluding hydrogens is 345 g/mol. The van der Waals surface area contributed by atoms with Crippen LogP contribution in [0, 0.1) is 5.82 Å². The van der Waals surface area contributed by atoms with Crippen molar-refractivity contribution >= 4 is 0 Å². The Morgan fingerprint density at radius 2 is 1.81 bits per heavy atom. The number of rotatable bonds is 5. The molecule has 1 aliphatic rings. The van der Waals surface area contributed by atoms with Crippen molar-refractivity contribution in [3.63, 3.8) is 0 Å². The minimum absolute atomic E-state index is 0.312. The van der Waals surface area contributed by atoms with E-state index in [-0.39, 0.29) is 5.82 Å². The zero-order valence-corrected chi connectivity index (χ0v) is 15.1. The van der Waals surface area contributed by atoms with Crippen molar-refractivity contribution in [2.45, 2.75) is 19.5 Å². The molecule has 1 fully saturated rings. The number of hydrogen-bond donors (Lipinski definition) is 0. The summed E-state index contributed by atoms with van der Waals surface area (Å²) in [7, 11) is 0. The van der Waals surface area contributed by atoms with Crippen molar-refractivity contribution < 1.29 is 8.81 Å². The van der Waals surface area contributed by atoms with E-state index in [0.717, 1.165) is 39.1 Å². The number of hydrogen-bond acceptors (Lipinski definition) is 6. The molecule has 1 aliphatic heterocycles. The van der Waals surface area contributed by atoms with Crippen molar-refractivity contribution in [3.05, 3.63) is 66.1 Å². The molecule has 0 amide bonds. The van der Waals surface area contributed by atoms with Gasteiger partial charge in [-0.3, -0.25) is 14.8 Å². The van der Waals surface area contributed by atoms with Crippen LogP contribution in [0.15, 0.2) is 53.2 Å². The van der Waals surface area contributed by atoms with Gasteiger partial charge in [0.25, 0.3) is 0 Å². The highest BCUT2D eigenvalue weighted by molar-refractivity contribution is 5.52. The topological polar surface area (TPSA) is 58.3 Å². The van der Waals surface area contributed by atoms with Gasteiger partial charge in [-0.25, -0.2) is 4.39 Å². The summed E-state index contributed by atoms with van der Waals surface area (Å²) in [6, 6.07) is 10.3. The quantitative estimate of drug-likeness (QED) is 0.691. The maximum Gasteiger partial charge on any atom is 0.247 e. The maximum absolute atomic E-state index is 13.4. The molecule has 3 heterocycles. The van der Waals surface area contributed by atoms with Crippen LogP contribution in [0.1, 0.15) is 17.9 Å². The van der Waals surface area contributed by atoms with E-state index < -0.39 is 0 Å². The highest BCUT2D eigenvalue weighted by Crippen LogP contribution is 2.19. The molecule has 140 valence electrons. The van der Waals surface area contributed by atoms with Gasteiger partial charge < -0.3 is 4.42 Å². The molecule has 6 nitrogen and oxygen atoms in total. The first kappa shape index (κ1) is 17.8.